The smallest absolute Gasteiger partial charge is 0.296 e. The zero-order chi connectivity index (χ0) is 15.0. The SMILES string of the molecule is CN(CC1CCCCC1)c1cc2c(cc1F)C(=O)C(=O)N2. The number of fused-ring (bicyclic) bond motifs is 1. The molecule has 1 amide bonds. The molecule has 1 N–H and O–H groups in total. The number of nitrogens with one attached hydrogen (secondary N) is 1. The van der Waals surface area contributed by atoms with Crippen LogP contribution in [0, 0.1) is 11.7 Å². The number of nitrogens with zero attached hydrogens (tertiary/aromatic N) is 1. The second kappa shape index (κ2) is 5.47. The van der Waals surface area contributed by atoms with E-state index in [0.29, 0.717) is 17.3 Å². The van der Waals surface area contributed by atoms with Crippen LogP contribution in [0.1, 0.15) is 42.5 Å². The molecule has 0 unspecified atom stereocenters. The number of benzene rings is 1. The fraction of sp³-hybridized carbons (Fsp3) is 0.500. The third kappa shape index (κ3) is 2.64. The molecule has 0 aromatic heterocycles. The zero-order valence-electron chi connectivity index (χ0n) is 12.1. The topological polar surface area (TPSA) is 49.4 Å². The highest BCUT2D eigenvalue weighted by Gasteiger charge is 2.30. The van der Waals surface area contributed by atoms with Crippen molar-refractivity contribution in [3.05, 3.63) is 23.5 Å². The van der Waals surface area contributed by atoms with E-state index in [2.05, 4.69) is 5.32 Å². The van der Waals surface area contributed by atoms with E-state index < -0.39 is 17.5 Å². The summed E-state index contributed by atoms with van der Waals surface area (Å²) in [4.78, 5) is 24.8. The van der Waals surface area contributed by atoms with E-state index in [9.17, 15) is 14.0 Å². The van der Waals surface area contributed by atoms with Crippen molar-refractivity contribution >= 4 is 23.1 Å². The van der Waals surface area contributed by atoms with Crippen molar-refractivity contribution in [2.45, 2.75) is 32.1 Å². The molecule has 1 fully saturated rings. The van der Waals surface area contributed by atoms with Crippen LogP contribution in [0.2, 0.25) is 0 Å². The first-order chi connectivity index (χ1) is 10.1. The van der Waals surface area contributed by atoms with Crippen molar-refractivity contribution in [3.8, 4) is 0 Å². The lowest BCUT2D eigenvalue weighted by atomic mass is 9.89. The molecule has 0 bridgehead atoms. The molecule has 1 aliphatic heterocycles. The van der Waals surface area contributed by atoms with Gasteiger partial charge in [0.2, 0.25) is 0 Å². The second-order valence-corrected chi connectivity index (χ2v) is 6.02. The molecule has 4 nitrogen and oxygen atoms in total. The summed E-state index contributed by atoms with van der Waals surface area (Å²) in [6.07, 6.45) is 6.16. The third-order valence-corrected chi connectivity index (χ3v) is 4.45. The number of rotatable bonds is 3. The Kier molecular flexibility index (Phi) is 3.66. The van der Waals surface area contributed by atoms with E-state index >= 15 is 0 Å². The fourth-order valence-electron chi connectivity index (χ4n) is 3.30. The Morgan fingerprint density at radius 3 is 2.67 bits per heavy atom. The maximum Gasteiger partial charge on any atom is 0.296 e. The Bertz CT molecular complexity index is 594. The third-order valence-electron chi connectivity index (χ3n) is 4.45. The highest BCUT2D eigenvalue weighted by atomic mass is 19.1. The van der Waals surface area contributed by atoms with E-state index in [1.54, 1.807) is 6.07 Å². The molecular weight excluding hydrogens is 271 g/mol. The maximum absolute atomic E-state index is 14.2. The van der Waals surface area contributed by atoms with Crippen LogP contribution in [0.15, 0.2) is 12.1 Å². The van der Waals surface area contributed by atoms with Crippen LogP contribution < -0.4 is 10.2 Å². The summed E-state index contributed by atoms with van der Waals surface area (Å²) in [6, 6.07) is 2.73. The van der Waals surface area contributed by atoms with Gasteiger partial charge in [-0.1, -0.05) is 19.3 Å². The predicted molar refractivity (Wildman–Crippen MR) is 79.2 cm³/mol. The van der Waals surface area contributed by atoms with E-state index in [1.165, 1.54) is 38.2 Å². The van der Waals surface area contributed by atoms with Crippen molar-refractivity contribution in [2.24, 2.45) is 5.92 Å². The lowest BCUT2D eigenvalue weighted by molar-refractivity contribution is -0.112. The molecule has 0 saturated heterocycles. The van der Waals surface area contributed by atoms with Gasteiger partial charge in [0.1, 0.15) is 5.82 Å². The van der Waals surface area contributed by atoms with Gasteiger partial charge in [0.05, 0.1) is 16.9 Å². The Morgan fingerprint density at radius 2 is 1.95 bits per heavy atom. The Balaban J connectivity index is 1.80. The molecule has 5 heteroatoms. The number of Topliss-reactive ketones (excluding diaryl/α,β-unsaturated/α-hetero) is 1. The summed E-state index contributed by atoms with van der Waals surface area (Å²) in [7, 11) is 1.86. The molecule has 0 atom stereocenters. The number of hydrogen-bond donors (Lipinski definition) is 1. The van der Waals surface area contributed by atoms with Crippen molar-refractivity contribution in [3.63, 3.8) is 0 Å². The average molecular weight is 290 g/mol. The summed E-state index contributed by atoms with van der Waals surface area (Å²) in [6.45, 7) is 0.803. The molecule has 1 aromatic rings. The minimum Gasteiger partial charge on any atom is -0.372 e. The Hall–Kier alpha value is -1.91. The summed E-state index contributed by atoms with van der Waals surface area (Å²) >= 11 is 0. The molecule has 0 radical (unpaired) electrons. The summed E-state index contributed by atoms with van der Waals surface area (Å²) in [5, 5.41) is 2.49. The Morgan fingerprint density at radius 1 is 1.24 bits per heavy atom. The van der Waals surface area contributed by atoms with Gasteiger partial charge in [-0.3, -0.25) is 9.59 Å². The second-order valence-electron chi connectivity index (χ2n) is 6.02. The Labute approximate surface area is 123 Å². The van der Waals surface area contributed by atoms with Crippen LogP contribution in [0.4, 0.5) is 15.8 Å². The lowest BCUT2D eigenvalue weighted by Gasteiger charge is -2.28. The van der Waals surface area contributed by atoms with Gasteiger partial charge in [-0.15, -0.1) is 0 Å². The summed E-state index contributed by atoms with van der Waals surface area (Å²) in [5.74, 6) is -1.20. The van der Waals surface area contributed by atoms with Crippen LogP contribution in [0.25, 0.3) is 0 Å². The van der Waals surface area contributed by atoms with Crippen LogP contribution in [0.5, 0.6) is 0 Å². The highest BCUT2D eigenvalue weighted by molar-refractivity contribution is 6.51. The summed E-state index contributed by atoms with van der Waals surface area (Å²) < 4.78 is 14.2. The van der Waals surface area contributed by atoms with Crippen molar-refractivity contribution < 1.29 is 14.0 Å². The fourth-order valence-corrected chi connectivity index (χ4v) is 3.30. The molecular formula is C16H19FN2O2. The maximum atomic E-state index is 14.2. The van der Waals surface area contributed by atoms with E-state index in [-0.39, 0.29) is 5.56 Å². The number of amides is 1. The first-order valence-corrected chi connectivity index (χ1v) is 7.46. The molecule has 1 saturated carbocycles. The minimum absolute atomic E-state index is 0.132. The van der Waals surface area contributed by atoms with Gasteiger partial charge in [0, 0.05) is 13.6 Å². The molecule has 0 spiro atoms. The van der Waals surface area contributed by atoms with Gasteiger partial charge in [-0.05, 0) is 30.9 Å². The average Bonchev–Trinajstić information content (AvgIpc) is 2.74. The number of carbonyl (C=O) groups excluding carboxylic acids is 2. The van der Waals surface area contributed by atoms with E-state index in [0.717, 1.165) is 6.54 Å². The van der Waals surface area contributed by atoms with Crippen molar-refractivity contribution in [1.29, 1.82) is 0 Å². The molecule has 21 heavy (non-hydrogen) atoms. The molecule has 2 aliphatic rings. The van der Waals surface area contributed by atoms with Gasteiger partial charge >= 0.3 is 0 Å². The molecule has 1 aromatic carbocycles. The van der Waals surface area contributed by atoms with Crippen molar-refractivity contribution in [1.82, 2.24) is 0 Å². The van der Waals surface area contributed by atoms with E-state index in [1.807, 2.05) is 11.9 Å². The summed E-state index contributed by atoms with van der Waals surface area (Å²) in [5.41, 5.74) is 0.985. The number of halogens is 1. The normalized spacial score (nSPS) is 18.6. The van der Waals surface area contributed by atoms with Crippen LogP contribution >= 0.6 is 0 Å². The predicted octanol–water partition coefficient (Wildman–Crippen LogP) is 2.98. The monoisotopic (exact) mass is 290 g/mol. The number of carbonyl (C=O) groups is 2. The molecule has 3 rings (SSSR count). The lowest BCUT2D eigenvalue weighted by Crippen LogP contribution is -2.27. The number of hydrogen-bond acceptors (Lipinski definition) is 3. The van der Waals surface area contributed by atoms with Crippen LogP contribution in [-0.4, -0.2) is 25.3 Å². The van der Waals surface area contributed by atoms with Gasteiger partial charge in [0.15, 0.2) is 0 Å². The number of ketones is 1. The van der Waals surface area contributed by atoms with Crippen molar-refractivity contribution in [2.75, 3.05) is 23.8 Å². The highest BCUT2D eigenvalue weighted by Crippen LogP contribution is 2.32. The first kappa shape index (κ1) is 14.0. The zero-order valence-corrected chi connectivity index (χ0v) is 12.1. The van der Waals surface area contributed by atoms with Crippen LogP contribution in [0.3, 0.4) is 0 Å². The van der Waals surface area contributed by atoms with E-state index in [4.69, 9.17) is 0 Å². The van der Waals surface area contributed by atoms with Gasteiger partial charge in [0.25, 0.3) is 11.7 Å². The van der Waals surface area contributed by atoms with Gasteiger partial charge in [-0.25, -0.2) is 4.39 Å². The first-order valence-electron chi connectivity index (χ1n) is 7.46. The molecule has 1 aliphatic carbocycles. The number of anilines is 2. The van der Waals surface area contributed by atoms with Crippen LogP contribution in [-0.2, 0) is 4.79 Å². The molecule has 1 heterocycles. The minimum atomic E-state index is -0.684. The van der Waals surface area contributed by atoms with Gasteiger partial charge < -0.3 is 10.2 Å². The quantitative estimate of drug-likeness (QED) is 0.871. The largest absolute Gasteiger partial charge is 0.372 e. The standard InChI is InChI=1S/C16H19FN2O2/c1-19(9-10-5-3-2-4-6-10)14-8-13-11(7-12(14)17)15(20)16(21)18-13/h7-8,10H,2-6,9H2,1H3,(H,18,20,21). The molecule has 112 valence electrons. The van der Waals surface area contributed by atoms with Gasteiger partial charge in [-0.2, -0.15) is 0 Å².